The first-order valence-electron chi connectivity index (χ1n) is 7.33. The fraction of sp³-hybridized carbons (Fsp3) is 0.111. The second-order valence-electron chi connectivity index (χ2n) is 5.07. The molecule has 3 rings (SSSR count). The third kappa shape index (κ3) is 4.20. The summed E-state index contributed by atoms with van der Waals surface area (Å²) in [5.74, 6) is 0.500. The molecule has 0 aliphatic heterocycles. The number of rotatable bonds is 6. The Morgan fingerprint density at radius 3 is 2.83 bits per heavy atom. The average Bonchev–Trinajstić information content (AvgIpc) is 3.25. The zero-order valence-corrected chi connectivity index (χ0v) is 12.6. The third-order valence-corrected chi connectivity index (χ3v) is 3.43. The molecule has 1 aromatic carbocycles. The van der Waals surface area contributed by atoms with Crippen molar-refractivity contribution in [2.24, 2.45) is 0 Å². The van der Waals surface area contributed by atoms with Crippen molar-refractivity contribution >= 4 is 12.0 Å². The molecule has 0 aliphatic carbocycles. The van der Waals surface area contributed by atoms with Crippen molar-refractivity contribution in [3.8, 4) is 0 Å². The first-order chi connectivity index (χ1) is 11.3. The van der Waals surface area contributed by atoms with Crippen molar-refractivity contribution in [2.45, 2.75) is 13.1 Å². The van der Waals surface area contributed by atoms with Crippen molar-refractivity contribution in [3.05, 3.63) is 84.3 Å². The van der Waals surface area contributed by atoms with Crippen LogP contribution >= 0.6 is 0 Å². The molecule has 5 heteroatoms. The number of nitrogens with one attached hydrogen (secondary N) is 1. The Labute approximate surface area is 134 Å². The summed E-state index contributed by atoms with van der Waals surface area (Å²) in [6, 6.07) is 11.6. The number of carbonyl (C=O) groups excluding carboxylic acids is 1. The van der Waals surface area contributed by atoms with Gasteiger partial charge in [-0.3, -0.25) is 4.79 Å². The quantitative estimate of drug-likeness (QED) is 0.712. The molecule has 1 N–H and O–H groups in total. The van der Waals surface area contributed by atoms with Gasteiger partial charge < -0.3 is 14.3 Å². The van der Waals surface area contributed by atoms with Crippen LogP contribution < -0.4 is 5.32 Å². The highest BCUT2D eigenvalue weighted by Crippen LogP contribution is 2.10. The van der Waals surface area contributed by atoms with Crippen LogP contribution in [0.25, 0.3) is 6.08 Å². The molecule has 0 unspecified atom stereocenters. The average molecular weight is 307 g/mol. The minimum atomic E-state index is -0.154. The van der Waals surface area contributed by atoms with E-state index in [1.54, 1.807) is 37.0 Å². The van der Waals surface area contributed by atoms with Gasteiger partial charge in [-0.1, -0.05) is 24.3 Å². The Bertz CT molecular complexity index is 774. The van der Waals surface area contributed by atoms with Gasteiger partial charge in [-0.2, -0.15) is 0 Å². The van der Waals surface area contributed by atoms with Crippen molar-refractivity contribution in [2.75, 3.05) is 0 Å². The summed E-state index contributed by atoms with van der Waals surface area (Å²) in [5, 5.41) is 2.89. The molecule has 0 radical (unpaired) electrons. The molecular weight excluding hydrogens is 290 g/mol. The van der Waals surface area contributed by atoms with Gasteiger partial charge in [0.05, 0.1) is 12.6 Å². The van der Waals surface area contributed by atoms with Crippen molar-refractivity contribution in [1.82, 2.24) is 14.9 Å². The predicted octanol–water partition coefficient (Wildman–Crippen LogP) is 2.85. The van der Waals surface area contributed by atoms with Gasteiger partial charge in [0.25, 0.3) is 0 Å². The predicted molar refractivity (Wildman–Crippen MR) is 87.4 cm³/mol. The number of furan rings is 1. The van der Waals surface area contributed by atoms with Gasteiger partial charge >= 0.3 is 0 Å². The Balaban J connectivity index is 1.60. The second kappa shape index (κ2) is 7.26. The monoisotopic (exact) mass is 307 g/mol. The van der Waals surface area contributed by atoms with Crippen LogP contribution in [0.3, 0.4) is 0 Å². The topological polar surface area (TPSA) is 60.1 Å². The maximum Gasteiger partial charge on any atom is 0.244 e. The summed E-state index contributed by atoms with van der Waals surface area (Å²) in [4.78, 5) is 15.9. The number of amides is 1. The second-order valence-corrected chi connectivity index (χ2v) is 5.07. The minimum Gasteiger partial charge on any atom is -0.465 e. The van der Waals surface area contributed by atoms with E-state index in [4.69, 9.17) is 4.42 Å². The first kappa shape index (κ1) is 14.8. The van der Waals surface area contributed by atoms with Gasteiger partial charge in [-0.15, -0.1) is 0 Å². The fourth-order valence-electron chi connectivity index (χ4n) is 2.25. The molecule has 23 heavy (non-hydrogen) atoms. The van der Waals surface area contributed by atoms with E-state index in [1.165, 1.54) is 6.08 Å². The smallest absolute Gasteiger partial charge is 0.244 e. The first-order valence-corrected chi connectivity index (χ1v) is 7.33. The minimum absolute atomic E-state index is 0.154. The van der Waals surface area contributed by atoms with E-state index in [-0.39, 0.29) is 5.91 Å². The van der Waals surface area contributed by atoms with Gasteiger partial charge in [0.15, 0.2) is 0 Å². The lowest BCUT2D eigenvalue weighted by molar-refractivity contribution is -0.116. The van der Waals surface area contributed by atoms with E-state index < -0.39 is 0 Å². The summed E-state index contributed by atoms with van der Waals surface area (Å²) in [7, 11) is 0. The van der Waals surface area contributed by atoms with E-state index in [9.17, 15) is 4.79 Å². The van der Waals surface area contributed by atoms with E-state index in [0.29, 0.717) is 12.3 Å². The number of nitrogens with zero attached hydrogens (tertiary/aromatic N) is 2. The van der Waals surface area contributed by atoms with Crippen LogP contribution in [0, 0.1) is 0 Å². The Morgan fingerprint density at radius 1 is 1.22 bits per heavy atom. The summed E-state index contributed by atoms with van der Waals surface area (Å²) in [5.41, 5.74) is 2.24. The summed E-state index contributed by atoms with van der Waals surface area (Å²) < 4.78 is 7.15. The summed E-state index contributed by atoms with van der Waals surface area (Å²) in [6.45, 7) is 1.21. The van der Waals surface area contributed by atoms with Crippen LogP contribution in [0.4, 0.5) is 0 Å². The molecule has 2 aromatic heterocycles. The van der Waals surface area contributed by atoms with Crippen LogP contribution in [0.2, 0.25) is 0 Å². The number of aromatic nitrogens is 2. The fourth-order valence-corrected chi connectivity index (χ4v) is 2.25. The van der Waals surface area contributed by atoms with Crippen LogP contribution in [-0.4, -0.2) is 15.5 Å². The standard InChI is InChI=1S/C18H17N3O2/c22-18(8-7-17-6-3-11-23-17)20-12-15-4-1-2-5-16(15)13-21-10-9-19-14-21/h1-11,14H,12-13H2,(H,20,22)/b8-7+. The third-order valence-electron chi connectivity index (χ3n) is 3.43. The molecule has 0 atom stereocenters. The maximum atomic E-state index is 11.9. The van der Waals surface area contributed by atoms with E-state index in [2.05, 4.69) is 16.4 Å². The highest BCUT2D eigenvalue weighted by atomic mass is 16.3. The van der Waals surface area contributed by atoms with Gasteiger partial charge in [0, 0.05) is 31.6 Å². The lowest BCUT2D eigenvalue weighted by Crippen LogP contribution is -2.21. The molecule has 0 bridgehead atoms. The maximum absolute atomic E-state index is 11.9. The SMILES string of the molecule is O=C(/C=C/c1ccco1)NCc1ccccc1Cn1ccnc1. The highest BCUT2D eigenvalue weighted by Gasteiger charge is 2.04. The lowest BCUT2D eigenvalue weighted by atomic mass is 10.1. The molecule has 116 valence electrons. The number of imidazole rings is 1. The molecule has 3 aromatic rings. The van der Waals surface area contributed by atoms with Crippen LogP contribution in [0.5, 0.6) is 0 Å². The largest absolute Gasteiger partial charge is 0.465 e. The molecule has 5 nitrogen and oxygen atoms in total. The molecule has 0 spiro atoms. The van der Waals surface area contributed by atoms with Crippen molar-refractivity contribution < 1.29 is 9.21 Å². The number of hydrogen-bond acceptors (Lipinski definition) is 3. The Hall–Kier alpha value is -3.08. The number of hydrogen-bond donors (Lipinski definition) is 1. The Kier molecular flexibility index (Phi) is 4.69. The molecule has 0 saturated heterocycles. The van der Waals surface area contributed by atoms with Crippen LogP contribution in [-0.2, 0) is 17.9 Å². The van der Waals surface area contributed by atoms with Gasteiger partial charge in [-0.25, -0.2) is 4.98 Å². The zero-order chi connectivity index (χ0) is 15.9. The molecule has 0 fully saturated rings. The van der Waals surface area contributed by atoms with E-state index >= 15 is 0 Å². The normalized spacial score (nSPS) is 11.0. The molecular formula is C18H17N3O2. The van der Waals surface area contributed by atoms with Crippen molar-refractivity contribution in [1.29, 1.82) is 0 Å². The zero-order valence-electron chi connectivity index (χ0n) is 12.6. The summed E-state index contributed by atoms with van der Waals surface area (Å²) >= 11 is 0. The molecule has 1 amide bonds. The molecule has 2 heterocycles. The Morgan fingerprint density at radius 2 is 2.09 bits per heavy atom. The summed E-state index contributed by atoms with van der Waals surface area (Å²) in [6.07, 6.45) is 10.1. The number of benzene rings is 1. The highest BCUT2D eigenvalue weighted by molar-refractivity contribution is 5.91. The van der Waals surface area contributed by atoms with Gasteiger partial charge in [-0.05, 0) is 29.3 Å². The molecule has 0 aliphatic rings. The van der Waals surface area contributed by atoms with Crippen LogP contribution in [0.15, 0.2) is 71.9 Å². The van der Waals surface area contributed by atoms with Gasteiger partial charge in [0.1, 0.15) is 5.76 Å². The van der Waals surface area contributed by atoms with Gasteiger partial charge in [0.2, 0.25) is 5.91 Å². The lowest BCUT2D eigenvalue weighted by Gasteiger charge is -2.10. The van der Waals surface area contributed by atoms with E-state index in [1.807, 2.05) is 29.0 Å². The molecule has 0 saturated carbocycles. The van der Waals surface area contributed by atoms with E-state index in [0.717, 1.165) is 17.7 Å². The van der Waals surface area contributed by atoms with Crippen molar-refractivity contribution in [3.63, 3.8) is 0 Å². The number of carbonyl (C=O) groups is 1. The van der Waals surface area contributed by atoms with Crippen LogP contribution in [0.1, 0.15) is 16.9 Å².